The SMILES string of the molecule is Cc1nc(N)n2c(SCC(=O)N3CCCC3)nnc2c1Cc1ccccc1. The maximum Gasteiger partial charge on any atom is 0.233 e. The summed E-state index contributed by atoms with van der Waals surface area (Å²) in [4.78, 5) is 18.7. The van der Waals surface area contributed by atoms with Crippen LogP contribution >= 0.6 is 11.8 Å². The molecule has 0 saturated carbocycles. The lowest BCUT2D eigenvalue weighted by Gasteiger charge is -2.14. The fourth-order valence-corrected chi connectivity index (χ4v) is 4.25. The molecule has 2 N–H and O–H groups in total. The van der Waals surface area contributed by atoms with E-state index < -0.39 is 0 Å². The zero-order valence-corrected chi connectivity index (χ0v) is 16.1. The minimum Gasteiger partial charge on any atom is -0.369 e. The number of aryl methyl sites for hydroxylation is 1. The zero-order valence-electron chi connectivity index (χ0n) is 15.3. The number of hydrogen-bond donors (Lipinski definition) is 1. The third-order valence-corrected chi connectivity index (χ3v) is 5.77. The second-order valence-electron chi connectivity index (χ2n) is 6.71. The summed E-state index contributed by atoms with van der Waals surface area (Å²) in [6.07, 6.45) is 2.88. The summed E-state index contributed by atoms with van der Waals surface area (Å²) in [5, 5.41) is 9.25. The Morgan fingerprint density at radius 1 is 1.19 bits per heavy atom. The monoisotopic (exact) mass is 382 g/mol. The molecule has 1 aliphatic heterocycles. The van der Waals surface area contributed by atoms with E-state index >= 15 is 0 Å². The summed E-state index contributed by atoms with van der Waals surface area (Å²) in [5.74, 6) is 0.820. The quantitative estimate of drug-likeness (QED) is 0.681. The van der Waals surface area contributed by atoms with Crippen molar-refractivity contribution >= 4 is 29.3 Å². The zero-order chi connectivity index (χ0) is 18.8. The molecule has 1 aromatic carbocycles. The van der Waals surface area contributed by atoms with Gasteiger partial charge in [0.1, 0.15) is 0 Å². The number of nitrogens with zero attached hydrogens (tertiary/aromatic N) is 5. The van der Waals surface area contributed by atoms with Gasteiger partial charge in [0.2, 0.25) is 11.9 Å². The molecule has 1 amide bonds. The van der Waals surface area contributed by atoms with Crippen molar-refractivity contribution in [1.29, 1.82) is 0 Å². The first-order valence-corrected chi connectivity index (χ1v) is 10.1. The molecular weight excluding hydrogens is 360 g/mol. The van der Waals surface area contributed by atoms with Crippen molar-refractivity contribution in [2.75, 3.05) is 24.6 Å². The van der Waals surface area contributed by atoms with Gasteiger partial charge >= 0.3 is 0 Å². The largest absolute Gasteiger partial charge is 0.369 e. The number of nitrogens with two attached hydrogens (primary N) is 1. The number of carbonyl (C=O) groups excluding carboxylic acids is 1. The van der Waals surface area contributed by atoms with Gasteiger partial charge in [-0.3, -0.25) is 4.79 Å². The van der Waals surface area contributed by atoms with Crippen molar-refractivity contribution in [3.05, 3.63) is 47.2 Å². The molecule has 1 saturated heterocycles. The fourth-order valence-electron chi connectivity index (χ4n) is 3.41. The van der Waals surface area contributed by atoms with Gasteiger partial charge < -0.3 is 10.6 Å². The van der Waals surface area contributed by atoms with Crippen LogP contribution in [0, 0.1) is 6.92 Å². The Labute approximate surface area is 162 Å². The van der Waals surface area contributed by atoms with Crippen LogP contribution < -0.4 is 5.73 Å². The van der Waals surface area contributed by atoms with Gasteiger partial charge in [-0.2, -0.15) is 0 Å². The Morgan fingerprint density at radius 3 is 2.67 bits per heavy atom. The van der Waals surface area contributed by atoms with E-state index in [0.29, 0.717) is 28.9 Å². The summed E-state index contributed by atoms with van der Waals surface area (Å²) in [6.45, 7) is 3.64. The Morgan fingerprint density at radius 2 is 1.93 bits per heavy atom. The second-order valence-corrected chi connectivity index (χ2v) is 7.66. The third-order valence-electron chi connectivity index (χ3n) is 4.86. The summed E-state index contributed by atoms with van der Waals surface area (Å²) in [6, 6.07) is 10.2. The number of carbonyl (C=O) groups is 1. The van der Waals surface area contributed by atoms with E-state index in [1.54, 1.807) is 4.40 Å². The van der Waals surface area contributed by atoms with E-state index in [0.717, 1.165) is 37.2 Å². The molecule has 3 aromatic rings. The van der Waals surface area contributed by atoms with E-state index in [9.17, 15) is 4.79 Å². The molecule has 27 heavy (non-hydrogen) atoms. The highest BCUT2D eigenvalue weighted by Crippen LogP contribution is 2.25. The van der Waals surface area contributed by atoms with Crippen molar-refractivity contribution in [1.82, 2.24) is 24.5 Å². The van der Waals surface area contributed by atoms with Crippen molar-refractivity contribution in [3.8, 4) is 0 Å². The van der Waals surface area contributed by atoms with E-state index in [2.05, 4.69) is 27.3 Å². The summed E-state index contributed by atoms with van der Waals surface area (Å²) in [7, 11) is 0. The minimum absolute atomic E-state index is 0.136. The van der Waals surface area contributed by atoms with Crippen molar-refractivity contribution < 1.29 is 4.79 Å². The van der Waals surface area contributed by atoms with Crippen LogP contribution in [0.3, 0.4) is 0 Å². The first-order valence-electron chi connectivity index (χ1n) is 9.08. The molecule has 0 aliphatic carbocycles. The normalized spacial score (nSPS) is 14.2. The fraction of sp³-hybridized carbons (Fsp3) is 0.368. The van der Waals surface area contributed by atoms with Crippen molar-refractivity contribution in [2.45, 2.75) is 31.3 Å². The Hall–Kier alpha value is -2.61. The number of thioether (sulfide) groups is 1. The highest BCUT2D eigenvalue weighted by atomic mass is 32.2. The summed E-state index contributed by atoms with van der Waals surface area (Å²) in [5.41, 5.74) is 9.89. The number of hydrogen-bond acceptors (Lipinski definition) is 6. The maximum atomic E-state index is 12.3. The molecule has 1 fully saturated rings. The third kappa shape index (κ3) is 3.62. The van der Waals surface area contributed by atoms with Gasteiger partial charge in [0.15, 0.2) is 10.8 Å². The number of amides is 1. The Kier molecular flexibility index (Phi) is 4.98. The number of aromatic nitrogens is 4. The average molecular weight is 382 g/mol. The minimum atomic E-state index is 0.136. The van der Waals surface area contributed by atoms with Crippen LogP contribution in [-0.4, -0.2) is 49.2 Å². The number of fused-ring (bicyclic) bond motifs is 1. The lowest BCUT2D eigenvalue weighted by molar-refractivity contribution is -0.127. The summed E-state index contributed by atoms with van der Waals surface area (Å²) < 4.78 is 1.76. The molecule has 8 heteroatoms. The molecule has 0 unspecified atom stereocenters. The van der Waals surface area contributed by atoms with Crippen LogP contribution in [0.25, 0.3) is 5.65 Å². The van der Waals surface area contributed by atoms with Crippen LogP contribution in [0.4, 0.5) is 5.95 Å². The van der Waals surface area contributed by atoms with Gasteiger partial charge in [-0.1, -0.05) is 42.1 Å². The number of nitrogen functional groups attached to an aromatic ring is 1. The Bertz CT molecular complexity index is 965. The molecule has 1 aliphatic rings. The number of likely N-dealkylation sites (tertiary alicyclic amines) is 1. The topological polar surface area (TPSA) is 89.4 Å². The van der Waals surface area contributed by atoms with Crippen LogP contribution in [0.1, 0.15) is 29.7 Å². The van der Waals surface area contributed by atoms with Crippen molar-refractivity contribution in [2.24, 2.45) is 0 Å². The van der Waals surface area contributed by atoms with Crippen molar-refractivity contribution in [3.63, 3.8) is 0 Å². The lowest BCUT2D eigenvalue weighted by Crippen LogP contribution is -2.29. The van der Waals surface area contributed by atoms with Gasteiger partial charge in [0, 0.05) is 30.8 Å². The molecule has 4 rings (SSSR count). The van der Waals surface area contributed by atoms with Gasteiger partial charge in [-0.25, -0.2) is 9.38 Å². The Balaban J connectivity index is 1.61. The van der Waals surface area contributed by atoms with E-state index in [1.165, 1.54) is 17.3 Å². The predicted molar refractivity (Wildman–Crippen MR) is 106 cm³/mol. The standard InChI is InChI=1S/C19H22N6OS/c1-13-15(11-14-7-3-2-4-8-14)17-22-23-19(25(17)18(20)21-13)27-12-16(26)24-9-5-6-10-24/h2-4,7-8H,5-6,9-12H2,1H3,(H2,20,21). The molecule has 7 nitrogen and oxygen atoms in total. The predicted octanol–water partition coefficient (Wildman–Crippen LogP) is 2.32. The lowest BCUT2D eigenvalue weighted by atomic mass is 10.0. The molecule has 0 atom stereocenters. The molecule has 140 valence electrons. The first kappa shape index (κ1) is 17.8. The second kappa shape index (κ2) is 7.56. The highest BCUT2D eigenvalue weighted by Gasteiger charge is 2.21. The molecule has 3 heterocycles. The molecule has 0 radical (unpaired) electrons. The maximum absolute atomic E-state index is 12.3. The first-order chi connectivity index (χ1) is 13.1. The number of anilines is 1. The number of benzene rings is 1. The van der Waals surface area contributed by atoms with E-state index in [1.807, 2.05) is 30.0 Å². The van der Waals surface area contributed by atoms with Crippen LogP contribution in [0.15, 0.2) is 35.5 Å². The molecule has 0 bridgehead atoms. The van der Waals surface area contributed by atoms with Gasteiger partial charge in [0.05, 0.1) is 5.75 Å². The highest BCUT2D eigenvalue weighted by molar-refractivity contribution is 7.99. The van der Waals surface area contributed by atoms with Crippen LogP contribution in [0.2, 0.25) is 0 Å². The van der Waals surface area contributed by atoms with Gasteiger partial charge in [0.25, 0.3) is 0 Å². The summed E-state index contributed by atoms with van der Waals surface area (Å²) >= 11 is 1.36. The van der Waals surface area contributed by atoms with Crippen LogP contribution in [-0.2, 0) is 11.2 Å². The van der Waals surface area contributed by atoms with E-state index in [4.69, 9.17) is 5.73 Å². The van der Waals surface area contributed by atoms with E-state index in [-0.39, 0.29) is 5.91 Å². The molecular formula is C19H22N6OS. The molecule has 0 spiro atoms. The van der Waals surface area contributed by atoms with Gasteiger partial charge in [-0.05, 0) is 25.3 Å². The number of rotatable bonds is 5. The van der Waals surface area contributed by atoms with Crippen LogP contribution in [0.5, 0.6) is 0 Å². The smallest absolute Gasteiger partial charge is 0.233 e. The van der Waals surface area contributed by atoms with Gasteiger partial charge in [-0.15, -0.1) is 10.2 Å². The molecule has 2 aromatic heterocycles. The average Bonchev–Trinajstić information content (AvgIpc) is 3.34.